The molecular formula is C4H6O3. The maximum atomic E-state index is 9.70. The molecule has 0 aromatic carbocycles. The van der Waals surface area contributed by atoms with Gasteiger partial charge in [-0.25, -0.2) is 0 Å². The lowest BCUT2D eigenvalue weighted by Crippen LogP contribution is -2.09. The summed E-state index contributed by atoms with van der Waals surface area (Å²) in [5, 5.41) is 7.95. The van der Waals surface area contributed by atoms with Crippen molar-refractivity contribution in [3.8, 4) is 0 Å². The number of hydrogen-bond donors (Lipinski definition) is 1. The van der Waals surface area contributed by atoms with E-state index in [-0.39, 0.29) is 0 Å². The quantitative estimate of drug-likeness (QED) is 0.391. The molecule has 0 spiro atoms. The highest BCUT2D eigenvalue weighted by atomic mass is 16.4. The van der Waals surface area contributed by atoms with E-state index >= 15 is 0 Å². The van der Waals surface area contributed by atoms with Crippen LogP contribution in [0.2, 0.25) is 0 Å². The molecule has 0 aromatic heterocycles. The summed E-state index contributed by atoms with van der Waals surface area (Å²) in [5.41, 5.74) is 0. The fourth-order valence-electron chi connectivity index (χ4n) is 0.0582. The molecule has 3 heteroatoms. The maximum Gasteiger partial charge on any atom is 0.313 e. The number of carboxylic acid groups (broad SMARTS) is 1. The van der Waals surface area contributed by atoms with Crippen molar-refractivity contribution < 1.29 is 14.7 Å². The first-order valence-corrected chi connectivity index (χ1v) is 1.86. The molecule has 40 valence electrons. The molecule has 0 unspecified atom stereocenters. The van der Waals surface area contributed by atoms with Gasteiger partial charge in [-0.1, -0.05) is 0 Å². The second-order valence-corrected chi connectivity index (χ2v) is 1.26. The lowest BCUT2D eigenvalue weighted by atomic mass is 10.2. The van der Waals surface area contributed by atoms with E-state index < -0.39 is 11.9 Å². The molecule has 0 radical (unpaired) electrons. The minimum absolute atomic E-state index is 0.391. The molecule has 0 amide bonds. The summed E-state index contributed by atoms with van der Waals surface area (Å²) in [5.74, 6) is -1.94. The molecule has 0 fully saturated rings. The van der Waals surface area contributed by atoms with E-state index in [1.54, 1.807) is 0 Å². The molecule has 0 bridgehead atoms. The zero-order chi connectivity index (χ0) is 5.86. The molecule has 0 saturated heterocycles. The van der Waals surface area contributed by atoms with Crippen molar-refractivity contribution >= 4 is 12.3 Å². The molecule has 0 rings (SSSR count). The fourth-order valence-corrected chi connectivity index (χ4v) is 0.0582. The van der Waals surface area contributed by atoms with Crippen LogP contribution in [-0.4, -0.2) is 17.4 Å². The average molecular weight is 102 g/mol. The van der Waals surface area contributed by atoms with Gasteiger partial charge in [0, 0.05) is 0 Å². The van der Waals surface area contributed by atoms with Crippen molar-refractivity contribution in [3.63, 3.8) is 0 Å². The van der Waals surface area contributed by atoms with Gasteiger partial charge < -0.3 is 9.90 Å². The highest BCUT2D eigenvalue weighted by Crippen LogP contribution is 1.84. The van der Waals surface area contributed by atoms with Gasteiger partial charge in [0.1, 0.15) is 12.2 Å². The molecule has 1 N–H and O–H groups in total. The SMILES string of the molecule is C[C@@H](C=O)C(=O)O. The van der Waals surface area contributed by atoms with E-state index in [4.69, 9.17) is 5.11 Å². The Morgan fingerprint density at radius 2 is 2.29 bits per heavy atom. The minimum atomic E-state index is -1.07. The van der Waals surface area contributed by atoms with E-state index in [2.05, 4.69) is 0 Å². The summed E-state index contributed by atoms with van der Waals surface area (Å²) < 4.78 is 0. The van der Waals surface area contributed by atoms with Crippen LogP contribution in [0.5, 0.6) is 0 Å². The van der Waals surface area contributed by atoms with Crippen LogP contribution in [0.4, 0.5) is 0 Å². The Balaban J connectivity index is 3.55. The number of aliphatic carboxylic acids is 1. The second kappa shape index (κ2) is 2.34. The van der Waals surface area contributed by atoms with Crippen LogP contribution in [-0.2, 0) is 9.59 Å². The molecule has 0 aliphatic heterocycles. The minimum Gasteiger partial charge on any atom is -0.481 e. The van der Waals surface area contributed by atoms with Gasteiger partial charge in [-0.15, -0.1) is 0 Å². The number of rotatable bonds is 2. The third kappa shape index (κ3) is 1.92. The molecule has 0 aromatic rings. The monoisotopic (exact) mass is 102 g/mol. The predicted octanol–water partition coefficient (Wildman–Crippen LogP) is -0.0940. The first kappa shape index (κ1) is 6.14. The highest BCUT2D eigenvalue weighted by molar-refractivity contribution is 5.85. The Labute approximate surface area is 41.0 Å². The summed E-state index contributed by atoms with van der Waals surface area (Å²) in [6.07, 6.45) is 0.391. The number of aldehydes is 1. The molecule has 3 nitrogen and oxygen atoms in total. The summed E-state index contributed by atoms with van der Waals surface area (Å²) in [6.45, 7) is 1.33. The smallest absolute Gasteiger partial charge is 0.313 e. The Morgan fingerprint density at radius 3 is 2.29 bits per heavy atom. The van der Waals surface area contributed by atoms with Crippen LogP contribution in [0.25, 0.3) is 0 Å². The summed E-state index contributed by atoms with van der Waals surface area (Å²) in [7, 11) is 0. The predicted molar refractivity (Wildman–Crippen MR) is 22.9 cm³/mol. The summed E-state index contributed by atoms with van der Waals surface area (Å²) >= 11 is 0. The molecule has 7 heavy (non-hydrogen) atoms. The number of carboxylic acids is 1. The second-order valence-electron chi connectivity index (χ2n) is 1.26. The van der Waals surface area contributed by atoms with E-state index in [1.165, 1.54) is 6.92 Å². The number of hydrogen-bond acceptors (Lipinski definition) is 2. The van der Waals surface area contributed by atoms with Gasteiger partial charge >= 0.3 is 5.97 Å². The Bertz CT molecular complexity index is 86.9. The molecule has 0 saturated carbocycles. The molecule has 0 aliphatic carbocycles. The van der Waals surface area contributed by atoms with Crippen molar-refractivity contribution in [2.45, 2.75) is 6.92 Å². The van der Waals surface area contributed by atoms with Gasteiger partial charge in [0.25, 0.3) is 0 Å². The topological polar surface area (TPSA) is 54.4 Å². The van der Waals surface area contributed by atoms with E-state index in [0.29, 0.717) is 6.29 Å². The third-order valence-corrected chi connectivity index (χ3v) is 0.594. The zero-order valence-electron chi connectivity index (χ0n) is 3.92. The van der Waals surface area contributed by atoms with Crippen LogP contribution < -0.4 is 0 Å². The molecule has 1 atom stereocenters. The van der Waals surface area contributed by atoms with Gasteiger partial charge in [-0.05, 0) is 6.92 Å². The van der Waals surface area contributed by atoms with Crippen LogP contribution in [0, 0.1) is 5.92 Å². The van der Waals surface area contributed by atoms with Crippen molar-refractivity contribution in [2.75, 3.05) is 0 Å². The zero-order valence-corrected chi connectivity index (χ0v) is 3.92. The Morgan fingerprint density at radius 1 is 1.86 bits per heavy atom. The number of carbonyl (C=O) groups excluding carboxylic acids is 1. The standard InChI is InChI=1S/C4H6O3/c1-3(2-5)4(6)7/h2-3H,1H3,(H,6,7)/t3-/m0/s1. The molecule has 0 aliphatic rings. The van der Waals surface area contributed by atoms with E-state index in [9.17, 15) is 9.59 Å². The first-order valence-electron chi connectivity index (χ1n) is 1.86. The van der Waals surface area contributed by atoms with Crippen LogP contribution in [0.1, 0.15) is 6.92 Å². The van der Waals surface area contributed by atoms with Crippen LogP contribution >= 0.6 is 0 Å². The van der Waals surface area contributed by atoms with Crippen LogP contribution in [0.3, 0.4) is 0 Å². The summed E-state index contributed by atoms with van der Waals surface area (Å²) in [4.78, 5) is 19.3. The molecule has 0 heterocycles. The van der Waals surface area contributed by atoms with Crippen molar-refractivity contribution in [1.82, 2.24) is 0 Å². The Hall–Kier alpha value is -0.860. The van der Waals surface area contributed by atoms with Gasteiger partial charge in [-0.2, -0.15) is 0 Å². The van der Waals surface area contributed by atoms with Crippen molar-refractivity contribution in [1.29, 1.82) is 0 Å². The third-order valence-electron chi connectivity index (χ3n) is 0.594. The van der Waals surface area contributed by atoms with E-state index in [1.807, 2.05) is 0 Å². The molecular weight excluding hydrogens is 96.0 g/mol. The van der Waals surface area contributed by atoms with E-state index in [0.717, 1.165) is 0 Å². The average Bonchev–Trinajstić information content (AvgIpc) is 1.65. The maximum absolute atomic E-state index is 9.70. The normalized spacial score (nSPS) is 12.7. The van der Waals surface area contributed by atoms with Gasteiger partial charge in [-0.3, -0.25) is 4.79 Å². The Kier molecular flexibility index (Phi) is 2.05. The first-order chi connectivity index (χ1) is 3.18. The summed E-state index contributed by atoms with van der Waals surface area (Å²) in [6, 6.07) is 0. The highest BCUT2D eigenvalue weighted by Gasteiger charge is 2.06. The van der Waals surface area contributed by atoms with Gasteiger partial charge in [0.05, 0.1) is 0 Å². The lowest BCUT2D eigenvalue weighted by molar-refractivity contribution is -0.142. The van der Waals surface area contributed by atoms with Gasteiger partial charge in [0.2, 0.25) is 0 Å². The lowest BCUT2D eigenvalue weighted by Gasteiger charge is -1.88. The number of carbonyl (C=O) groups is 2. The largest absolute Gasteiger partial charge is 0.481 e. The van der Waals surface area contributed by atoms with Crippen molar-refractivity contribution in [3.05, 3.63) is 0 Å². The fraction of sp³-hybridized carbons (Fsp3) is 0.500. The van der Waals surface area contributed by atoms with Crippen LogP contribution in [0.15, 0.2) is 0 Å². The van der Waals surface area contributed by atoms with Gasteiger partial charge in [0.15, 0.2) is 0 Å². The van der Waals surface area contributed by atoms with Crippen molar-refractivity contribution in [2.24, 2.45) is 5.92 Å².